The maximum absolute atomic E-state index is 8.79. The van der Waals surface area contributed by atoms with Crippen LogP contribution in [-0.4, -0.2) is 27.8 Å². The summed E-state index contributed by atoms with van der Waals surface area (Å²) >= 11 is 0. The van der Waals surface area contributed by atoms with E-state index in [1.54, 1.807) is 12.1 Å². The first-order valence-corrected chi connectivity index (χ1v) is 5.21. The predicted molar refractivity (Wildman–Crippen MR) is 55.9 cm³/mol. The summed E-state index contributed by atoms with van der Waals surface area (Å²) in [6.45, 7) is 1.50. The maximum atomic E-state index is 8.79. The first-order chi connectivity index (χ1) is 7.88. The summed E-state index contributed by atoms with van der Waals surface area (Å²) in [5.41, 5.74) is 1.33. The topological polar surface area (TPSA) is 63.2 Å². The Morgan fingerprint density at radius 3 is 3.19 bits per heavy atom. The van der Waals surface area contributed by atoms with E-state index in [0.717, 1.165) is 24.5 Å². The molecular weight excluding hydrogens is 204 g/mol. The largest absolute Gasteiger partial charge is 0.381 e. The van der Waals surface area contributed by atoms with Crippen LogP contribution in [0.4, 0.5) is 0 Å². The Balaban J connectivity index is 2.10. The third-order valence-electron chi connectivity index (χ3n) is 2.86. The molecule has 1 atom stereocenters. The lowest BCUT2D eigenvalue weighted by Gasteiger charge is -2.04. The number of hydrogen-bond acceptors (Lipinski definition) is 4. The van der Waals surface area contributed by atoms with Gasteiger partial charge >= 0.3 is 0 Å². The molecule has 0 aliphatic carbocycles. The number of pyridine rings is 1. The first-order valence-electron chi connectivity index (χ1n) is 5.21. The molecule has 1 saturated heterocycles. The third-order valence-corrected chi connectivity index (χ3v) is 2.86. The lowest BCUT2D eigenvalue weighted by molar-refractivity contribution is 0.193. The standard InChI is InChI=1S/C11H10N4O/c12-6-8-1-3-15-10(5-8)13-14-11(15)9-2-4-16-7-9/h1,3,5,9H,2,4,7H2. The number of rotatable bonds is 1. The quantitative estimate of drug-likeness (QED) is 0.713. The number of aromatic nitrogens is 3. The van der Waals surface area contributed by atoms with E-state index in [2.05, 4.69) is 16.3 Å². The summed E-state index contributed by atoms with van der Waals surface area (Å²) in [5, 5.41) is 17.0. The van der Waals surface area contributed by atoms with E-state index < -0.39 is 0 Å². The van der Waals surface area contributed by atoms with E-state index >= 15 is 0 Å². The van der Waals surface area contributed by atoms with Crippen molar-refractivity contribution in [3.63, 3.8) is 0 Å². The number of nitrogens with zero attached hydrogens (tertiary/aromatic N) is 4. The van der Waals surface area contributed by atoms with Gasteiger partial charge in [0.25, 0.3) is 0 Å². The number of hydrogen-bond donors (Lipinski definition) is 0. The van der Waals surface area contributed by atoms with Gasteiger partial charge in [-0.3, -0.25) is 4.40 Å². The van der Waals surface area contributed by atoms with Crippen molar-refractivity contribution in [3.8, 4) is 6.07 Å². The van der Waals surface area contributed by atoms with Crippen LogP contribution in [0.5, 0.6) is 0 Å². The fraction of sp³-hybridized carbons (Fsp3) is 0.364. The minimum absolute atomic E-state index is 0.322. The highest BCUT2D eigenvalue weighted by molar-refractivity contribution is 5.45. The zero-order chi connectivity index (χ0) is 11.0. The molecule has 1 unspecified atom stereocenters. The van der Waals surface area contributed by atoms with E-state index in [0.29, 0.717) is 18.1 Å². The highest BCUT2D eigenvalue weighted by atomic mass is 16.5. The van der Waals surface area contributed by atoms with Gasteiger partial charge in [0.05, 0.1) is 18.2 Å². The molecule has 5 heteroatoms. The Morgan fingerprint density at radius 2 is 2.44 bits per heavy atom. The summed E-state index contributed by atoms with van der Waals surface area (Å²) in [4.78, 5) is 0. The van der Waals surface area contributed by atoms with Crippen LogP contribution in [-0.2, 0) is 4.74 Å². The molecule has 0 amide bonds. The van der Waals surface area contributed by atoms with Gasteiger partial charge in [-0.1, -0.05) is 0 Å². The Morgan fingerprint density at radius 1 is 1.50 bits per heavy atom. The van der Waals surface area contributed by atoms with Crippen molar-refractivity contribution in [1.82, 2.24) is 14.6 Å². The van der Waals surface area contributed by atoms with Gasteiger partial charge in [0, 0.05) is 24.8 Å². The zero-order valence-electron chi connectivity index (χ0n) is 8.63. The third kappa shape index (κ3) is 1.35. The molecule has 16 heavy (non-hydrogen) atoms. The second kappa shape index (κ2) is 3.58. The fourth-order valence-electron chi connectivity index (χ4n) is 2.00. The van der Waals surface area contributed by atoms with Crippen LogP contribution >= 0.6 is 0 Å². The molecule has 3 heterocycles. The molecule has 1 aliphatic rings. The second-order valence-electron chi connectivity index (χ2n) is 3.87. The molecule has 3 rings (SSSR count). The van der Waals surface area contributed by atoms with Gasteiger partial charge < -0.3 is 4.74 Å². The Bertz CT molecular complexity index is 563. The van der Waals surface area contributed by atoms with E-state index in [4.69, 9.17) is 10.00 Å². The minimum atomic E-state index is 0.322. The fourth-order valence-corrected chi connectivity index (χ4v) is 2.00. The Labute approximate surface area is 92.3 Å². The van der Waals surface area contributed by atoms with Crippen LogP contribution in [0.3, 0.4) is 0 Å². The second-order valence-corrected chi connectivity index (χ2v) is 3.87. The number of ether oxygens (including phenoxy) is 1. The van der Waals surface area contributed by atoms with Gasteiger partial charge in [-0.25, -0.2) is 0 Å². The van der Waals surface area contributed by atoms with Crippen molar-refractivity contribution in [2.75, 3.05) is 13.2 Å². The van der Waals surface area contributed by atoms with Crippen molar-refractivity contribution >= 4 is 5.65 Å². The van der Waals surface area contributed by atoms with Gasteiger partial charge in [-0.05, 0) is 12.5 Å². The minimum Gasteiger partial charge on any atom is -0.381 e. The molecular formula is C11H10N4O. The van der Waals surface area contributed by atoms with Crippen LogP contribution < -0.4 is 0 Å². The lowest BCUT2D eigenvalue weighted by Crippen LogP contribution is -2.03. The average Bonchev–Trinajstić information content (AvgIpc) is 2.96. The molecule has 1 aliphatic heterocycles. The van der Waals surface area contributed by atoms with Crippen LogP contribution in [0, 0.1) is 11.3 Å². The lowest BCUT2D eigenvalue weighted by atomic mass is 10.1. The Hall–Kier alpha value is -1.93. The molecule has 0 saturated carbocycles. The van der Waals surface area contributed by atoms with E-state index in [9.17, 15) is 0 Å². The first kappa shape index (κ1) is 9.31. The molecule has 5 nitrogen and oxygen atoms in total. The van der Waals surface area contributed by atoms with E-state index in [1.807, 2.05) is 10.6 Å². The van der Waals surface area contributed by atoms with Crippen molar-refractivity contribution in [3.05, 3.63) is 29.7 Å². The van der Waals surface area contributed by atoms with E-state index in [-0.39, 0.29) is 0 Å². The zero-order valence-corrected chi connectivity index (χ0v) is 8.63. The molecule has 0 radical (unpaired) electrons. The highest BCUT2D eigenvalue weighted by Crippen LogP contribution is 2.24. The molecule has 0 N–H and O–H groups in total. The number of fused-ring (bicyclic) bond motifs is 1. The average molecular weight is 214 g/mol. The van der Waals surface area contributed by atoms with Gasteiger partial charge in [-0.15, -0.1) is 10.2 Å². The molecule has 0 aromatic carbocycles. The van der Waals surface area contributed by atoms with Crippen molar-refractivity contribution in [2.45, 2.75) is 12.3 Å². The summed E-state index contributed by atoms with van der Waals surface area (Å²) in [5.74, 6) is 1.25. The maximum Gasteiger partial charge on any atom is 0.162 e. The Kier molecular flexibility index (Phi) is 2.08. The van der Waals surface area contributed by atoms with Crippen molar-refractivity contribution in [1.29, 1.82) is 5.26 Å². The summed E-state index contributed by atoms with van der Waals surface area (Å²) in [6, 6.07) is 5.61. The molecule has 80 valence electrons. The predicted octanol–water partition coefficient (Wildman–Crippen LogP) is 1.10. The molecule has 0 bridgehead atoms. The normalized spacial score (nSPS) is 20.1. The van der Waals surface area contributed by atoms with Gasteiger partial charge in [0.1, 0.15) is 5.82 Å². The highest BCUT2D eigenvalue weighted by Gasteiger charge is 2.22. The van der Waals surface area contributed by atoms with Gasteiger partial charge in [0.15, 0.2) is 5.65 Å². The van der Waals surface area contributed by atoms with Crippen molar-refractivity contribution < 1.29 is 4.74 Å². The number of nitriles is 1. The summed E-state index contributed by atoms with van der Waals surface area (Å²) < 4.78 is 7.27. The van der Waals surface area contributed by atoms with Crippen LogP contribution in [0.15, 0.2) is 18.3 Å². The molecule has 0 spiro atoms. The smallest absolute Gasteiger partial charge is 0.162 e. The van der Waals surface area contributed by atoms with Gasteiger partial charge in [-0.2, -0.15) is 5.26 Å². The molecule has 1 fully saturated rings. The van der Waals surface area contributed by atoms with Crippen LogP contribution in [0.1, 0.15) is 23.7 Å². The van der Waals surface area contributed by atoms with Gasteiger partial charge in [0.2, 0.25) is 0 Å². The SMILES string of the molecule is N#Cc1ccn2c(C3CCOC3)nnc2c1. The van der Waals surface area contributed by atoms with Crippen LogP contribution in [0.25, 0.3) is 5.65 Å². The van der Waals surface area contributed by atoms with Crippen molar-refractivity contribution in [2.24, 2.45) is 0 Å². The summed E-state index contributed by atoms with van der Waals surface area (Å²) in [7, 11) is 0. The summed E-state index contributed by atoms with van der Waals surface area (Å²) in [6.07, 6.45) is 2.84. The monoisotopic (exact) mass is 214 g/mol. The van der Waals surface area contributed by atoms with Crippen LogP contribution in [0.2, 0.25) is 0 Å². The molecule has 2 aromatic rings. The van der Waals surface area contributed by atoms with E-state index in [1.165, 1.54) is 0 Å². The molecule has 2 aromatic heterocycles.